The number of anilines is 2. The maximum Gasteiger partial charge on any atom is 0.137 e. The topological polar surface area (TPSA) is 41.1 Å². The van der Waals surface area contributed by atoms with E-state index in [1.165, 1.54) is 0 Å². The van der Waals surface area contributed by atoms with Crippen LogP contribution in [0.3, 0.4) is 0 Å². The quantitative estimate of drug-likeness (QED) is 0.807. The first kappa shape index (κ1) is 14.7. The Hall–Kier alpha value is -1.32. The van der Waals surface area contributed by atoms with Gasteiger partial charge in [0, 0.05) is 32.1 Å². The van der Waals surface area contributed by atoms with E-state index in [1.54, 1.807) is 0 Å². The highest BCUT2D eigenvalue weighted by Crippen LogP contribution is 2.24. The van der Waals surface area contributed by atoms with Crippen molar-refractivity contribution in [2.45, 2.75) is 47.0 Å². The number of nitrogens with one attached hydrogen (secondary N) is 1. The van der Waals surface area contributed by atoms with Crippen molar-refractivity contribution < 1.29 is 0 Å². The van der Waals surface area contributed by atoms with Gasteiger partial charge in [0.05, 0.1) is 0 Å². The van der Waals surface area contributed by atoms with Gasteiger partial charge < -0.3 is 10.2 Å². The second-order valence-electron chi connectivity index (χ2n) is 4.53. The smallest absolute Gasteiger partial charge is 0.137 e. The normalized spacial score (nSPS) is 10.5. The van der Waals surface area contributed by atoms with Gasteiger partial charge in [-0.2, -0.15) is 0 Å². The van der Waals surface area contributed by atoms with Gasteiger partial charge in [-0.3, -0.25) is 0 Å². The molecule has 0 atom stereocenters. The lowest BCUT2D eigenvalue weighted by atomic mass is 10.2. The van der Waals surface area contributed by atoms with E-state index in [-0.39, 0.29) is 0 Å². The molecule has 0 spiro atoms. The summed E-state index contributed by atoms with van der Waals surface area (Å²) in [5.74, 6) is 2.96. The van der Waals surface area contributed by atoms with Crippen LogP contribution in [0.4, 0.5) is 11.6 Å². The summed E-state index contributed by atoms with van der Waals surface area (Å²) in [7, 11) is 1.92. The molecule has 0 aliphatic rings. The summed E-state index contributed by atoms with van der Waals surface area (Å²) in [6.45, 7) is 10.7. The predicted molar refractivity (Wildman–Crippen MR) is 78.5 cm³/mol. The molecule has 102 valence electrons. The van der Waals surface area contributed by atoms with Crippen molar-refractivity contribution in [3.63, 3.8) is 0 Å². The summed E-state index contributed by atoms with van der Waals surface area (Å²) in [6, 6.07) is 0. The lowest BCUT2D eigenvalue weighted by Gasteiger charge is -2.25. The first-order valence-electron chi connectivity index (χ1n) is 6.98. The molecule has 1 aromatic rings. The van der Waals surface area contributed by atoms with Gasteiger partial charge in [-0.1, -0.05) is 20.8 Å². The Morgan fingerprint density at radius 2 is 1.67 bits per heavy atom. The Balaban J connectivity index is 3.17. The Morgan fingerprint density at radius 1 is 1.06 bits per heavy atom. The van der Waals surface area contributed by atoms with Gasteiger partial charge in [0.2, 0.25) is 0 Å². The Bertz CT molecular complexity index is 370. The highest BCUT2D eigenvalue weighted by Gasteiger charge is 2.14. The van der Waals surface area contributed by atoms with Crippen LogP contribution in [0.2, 0.25) is 0 Å². The summed E-state index contributed by atoms with van der Waals surface area (Å²) < 4.78 is 0. The Morgan fingerprint density at radius 3 is 2.11 bits per heavy atom. The zero-order chi connectivity index (χ0) is 13.5. The molecular formula is C14H26N4. The summed E-state index contributed by atoms with van der Waals surface area (Å²) in [5.41, 5.74) is 1.15. The maximum absolute atomic E-state index is 4.71. The number of aryl methyl sites for hydroxylation is 1. The fourth-order valence-electron chi connectivity index (χ4n) is 2.12. The molecule has 1 rings (SSSR count). The molecule has 0 radical (unpaired) electrons. The van der Waals surface area contributed by atoms with E-state index in [0.717, 1.165) is 55.4 Å². The minimum atomic E-state index is 0.869. The highest BCUT2D eigenvalue weighted by atomic mass is 15.2. The minimum Gasteiger partial charge on any atom is -0.373 e. The van der Waals surface area contributed by atoms with Gasteiger partial charge in [0.1, 0.15) is 17.5 Å². The first-order valence-corrected chi connectivity index (χ1v) is 6.98. The van der Waals surface area contributed by atoms with Gasteiger partial charge in [0.25, 0.3) is 0 Å². The van der Waals surface area contributed by atoms with Gasteiger partial charge in [0.15, 0.2) is 0 Å². The molecular weight excluding hydrogens is 224 g/mol. The van der Waals surface area contributed by atoms with Crippen molar-refractivity contribution >= 4 is 11.6 Å². The van der Waals surface area contributed by atoms with Crippen LogP contribution in [-0.4, -0.2) is 30.1 Å². The number of hydrogen-bond acceptors (Lipinski definition) is 4. The largest absolute Gasteiger partial charge is 0.373 e. The van der Waals surface area contributed by atoms with Crippen LogP contribution in [0.5, 0.6) is 0 Å². The van der Waals surface area contributed by atoms with Crippen molar-refractivity contribution in [3.05, 3.63) is 11.4 Å². The van der Waals surface area contributed by atoms with Crippen LogP contribution in [0.25, 0.3) is 0 Å². The molecule has 1 N–H and O–H groups in total. The average molecular weight is 250 g/mol. The maximum atomic E-state index is 4.71. The second-order valence-corrected chi connectivity index (χ2v) is 4.53. The third-order valence-electron chi connectivity index (χ3n) is 3.01. The van der Waals surface area contributed by atoms with E-state index in [2.05, 4.69) is 42.9 Å². The van der Waals surface area contributed by atoms with Crippen molar-refractivity contribution in [2.24, 2.45) is 0 Å². The van der Waals surface area contributed by atoms with Gasteiger partial charge in [-0.15, -0.1) is 0 Å². The molecule has 0 aromatic carbocycles. The van der Waals surface area contributed by atoms with Gasteiger partial charge in [-0.25, -0.2) is 9.97 Å². The monoisotopic (exact) mass is 250 g/mol. The van der Waals surface area contributed by atoms with Crippen molar-refractivity contribution in [2.75, 3.05) is 30.4 Å². The molecule has 0 saturated carbocycles. The fraction of sp³-hybridized carbons (Fsp3) is 0.714. The summed E-state index contributed by atoms with van der Waals surface area (Å²) in [5, 5.41) is 3.17. The van der Waals surface area contributed by atoms with Crippen LogP contribution in [0.15, 0.2) is 0 Å². The van der Waals surface area contributed by atoms with Crippen LogP contribution in [0, 0.1) is 6.92 Å². The third kappa shape index (κ3) is 3.34. The summed E-state index contributed by atoms with van der Waals surface area (Å²) in [6.07, 6.45) is 3.15. The van der Waals surface area contributed by atoms with Gasteiger partial charge in [-0.05, 0) is 19.8 Å². The number of aromatic nitrogens is 2. The molecule has 1 heterocycles. The predicted octanol–water partition coefficient (Wildman–Crippen LogP) is 3.02. The fourth-order valence-corrected chi connectivity index (χ4v) is 2.12. The lowest BCUT2D eigenvalue weighted by Crippen LogP contribution is -2.27. The molecule has 4 heteroatoms. The first-order chi connectivity index (χ1) is 8.67. The van der Waals surface area contributed by atoms with E-state index >= 15 is 0 Å². The molecule has 1 aromatic heterocycles. The van der Waals surface area contributed by atoms with Crippen LogP contribution in [0.1, 0.15) is 45.0 Å². The Labute approximate surface area is 111 Å². The molecule has 0 saturated heterocycles. The van der Waals surface area contributed by atoms with E-state index in [1.807, 2.05) is 7.05 Å². The van der Waals surface area contributed by atoms with Crippen molar-refractivity contribution in [1.29, 1.82) is 0 Å². The van der Waals surface area contributed by atoms with Crippen LogP contribution < -0.4 is 10.2 Å². The lowest BCUT2D eigenvalue weighted by molar-refractivity contribution is 0.724. The summed E-state index contributed by atoms with van der Waals surface area (Å²) >= 11 is 0. The highest BCUT2D eigenvalue weighted by molar-refractivity contribution is 5.58. The molecule has 18 heavy (non-hydrogen) atoms. The second kappa shape index (κ2) is 7.19. The molecule has 0 amide bonds. The number of nitrogens with zero attached hydrogens (tertiary/aromatic N) is 3. The van der Waals surface area contributed by atoms with Crippen molar-refractivity contribution in [3.8, 4) is 0 Å². The van der Waals surface area contributed by atoms with E-state index in [0.29, 0.717) is 0 Å². The molecule has 0 bridgehead atoms. The van der Waals surface area contributed by atoms with E-state index in [9.17, 15) is 0 Å². The minimum absolute atomic E-state index is 0.869. The zero-order valence-electron chi connectivity index (χ0n) is 12.4. The summed E-state index contributed by atoms with van der Waals surface area (Å²) in [4.78, 5) is 11.6. The van der Waals surface area contributed by atoms with Crippen molar-refractivity contribution in [1.82, 2.24) is 9.97 Å². The Kier molecular flexibility index (Phi) is 5.89. The number of rotatable bonds is 7. The SMILES string of the molecule is CCCN(CCC)c1nc(CC)nc(NC)c1C. The van der Waals surface area contributed by atoms with Gasteiger partial charge >= 0.3 is 0 Å². The molecule has 0 fully saturated rings. The molecule has 0 aliphatic heterocycles. The van der Waals surface area contributed by atoms with E-state index < -0.39 is 0 Å². The average Bonchev–Trinajstić information content (AvgIpc) is 2.39. The van der Waals surface area contributed by atoms with Crippen LogP contribution in [-0.2, 0) is 6.42 Å². The number of hydrogen-bond donors (Lipinski definition) is 1. The molecule has 4 nitrogen and oxygen atoms in total. The van der Waals surface area contributed by atoms with Crippen LogP contribution >= 0.6 is 0 Å². The standard InChI is InChI=1S/C14H26N4/c1-6-9-18(10-7-2)14-11(4)13(15-5)16-12(8-3)17-14/h6-10H2,1-5H3,(H,15,16,17). The molecule has 0 aliphatic carbocycles. The molecule has 0 unspecified atom stereocenters. The zero-order valence-corrected chi connectivity index (χ0v) is 12.4. The van der Waals surface area contributed by atoms with E-state index in [4.69, 9.17) is 4.98 Å². The third-order valence-corrected chi connectivity index (χ3v) is 3.01.